The maximum atomic E-state index is 12.1. The van der Waals surface area contributed by atoms with Crippen molar-refractivity contribution < 1.29 is 27.3 Å². The van der Waals surface area contributed by atoms with E-state index in [0.29, 0.717) is 17.7 Å². The number of fused-ring (bicyclic) bond motifs is 1. The molecule has 9 heteroatoms. The van der Waals surface area contributed by atoms with E-state index in [1.165, 1.54) is 11.9 Å². The zero-order valence-electron chi connectivity index (χ0n) is 13.7. The molecule has 1 aromatic heterocycles. The van der Waals surface area contributed by atoms with Gasteiger partial charge in [-0.15, -0.1) is 0 Å². The van der Waals surface area contributed by atoms with E-state index in [-0.39, 0.29) is 24.0 Å². The van der Waals surface area contributed by atoms with Crippen LogP contribution in [0.2, 0.25) is 0 Å². The zero-order chi connectivity index (χ0) is 18.0. The van der Waals surface area contributed by atoms with E-state index in [9.17, 15) is 18.0 Å². The molecule has 0 bridgehead atoms. The van der Waals surface area contributed by atoms with Crippen LogP contribution in [0.4, 0.5) is 0 Å². The maximum Gasteiger partial charge on any atom is 0.312 e. The summed E-state index contributed by atoms with van der Waals surface area (Å²) in [5, 5.41) is 4.56. The number of para-hydroxylation sites is 1. The molecule has 134 valence electrons. The number of amides is 1. The van der Waals surface area contributed by atoms with Crippen molar-refractivity contribution in [3.63, 3.8) is 0 Å². The highest BCUT2D eigenvalue weighted by molar-refractivity contribution is 7.91. The molecule has 1 aromatic carbocycles. The Labute approximate surface area is 144 Å². The third-order valence-electron chi connectivity index (χ3n) is 4.27. The van der Waals surface area contributed by atoms with Crippen LogP contribution in [0.5, 0.6) is 0 Å². The average molecular weight is 366 g/mol. The van der Waals surface area contributed by atoms with Crippen molar-refractivity contribution in [3.8, 4) is 0 Å². The summed E-state index contributed by atoms with van der Waals surface area (Å²) in [6.07, 6.45) is 0.301. The number of carbonyl (C=O) groups excluding carboxylic acids is 2. The van der Waals surface area contributed by atoms with E-state index in [1.807, 2.05) is 6.07 Å². The van der Waals surface area contributed by atoms with Gasteiger partial charge in [-0.1, -0.05) is 17.3 Å². The number of carbonyl (C=O) groups is 2. The molecule has 0 saturated carbocycles. The van der Waals surface area contributed by atoms with Gasteiger partial charge in [-0.2, -0.15) is 0 Å². The Bertz CT molecular complexity index is 904. The van der Waals surface area contributed by atoms with Crippen LogP contribution in [0.1, 0.15) is 12.1 Å². The average Bonchev–Trinajstić information content (AvgIpc) is 3.15. The molecule has 1 saturated heterocycles. The number of rotatable bonds is 5. The molecule has 8 nitrogen and oxygen atoms in total. The highest BCUT2D eigenvalue weighted by Crippen LogP contribution is 2.19. The first-order valence-corrected chi connectivity index (χ1v) is 9.63. The van der Waals surface area contributed by atoms with Gasteiger partial charge in [0, 0.05) is 18.5 Å². The highest BCUT2D eigenvalue weighted by atomic mass is 32.2. The lowest BCUT2D eigenvalue weighted by Crippen LogP contribution is -2.40. The first-order chi connectivity index (χ1) is 11.9. The summed E-state index contributed by atoms with van der Waals surface area (Å²) < 4.78 is 33.1. The molecule has 0 radical (unpaired) electrons. The highest BCUT2D eigenvalue weighted by Gasteiger charge is 2.32. The van der Waals surface area contributed by atoms with Crippen LogP contribution in [0, 0.1) is 0 Å². The summed E-state index contributed by atoms with van der Waals surface area (Å²) in [4.78, 5) is 25.4. The fraction of sp³-hybridized carbons (Fsp3) is 0.438. The minimum Gasteiger partial charge on any atom is -0.455 e. The van der Waals surface area contributed by atoms with Crippen molar-refractivity contribution in [1.29, 1.82) is 0 Å². The Morgan fingerprint density at radius 2 is 2.12 bits per heavy atom. The van der Waals surface area contributed by atoms with Gasteiger partial charge in [-0.3, -0.25) is 9.59 Å². The van der Waals surface area contributed by atoms with E-state index in [4.69, 9.17) is 9.26 Å². The number of hydrogen-bond acceptors (Lipinski definition) is 7. The first kappa shape index (κ1) is 17.4. The van der Waals surface area contributed by atoms with Gasteiger partial charge < -0.3 is 14.2 Å². The molecule has 2 aromatic rings. The number of benzene rings is 1. The number of aromatic nitrogens is 1. The largest absolute Gasteiger partial charge is 0.455 e. The summed E-state index contributed by atoms with van der Waals surface area (Å²) >= 11 is 0. The third-order valence-corrected chi connectivity index (χ3v) is 6.02. The Kier molecular flexibility index (Phi) is 4.76. The topological polar surface area (TPSA) is 107 Å². The molecular formula is C16H18N2O6S. The third kappa shape index (κ3) is 3.98. The van der Waals surface area contributed by atoms with Crippen molar-refractivity contribution in [3.05, 3.63) is 30.0 Å². The van der Waals surface area contributed by atoms with Crippen molar-refractivity contribution in [2.24, 2.45) is 0 Å². The molecule has 0 unspecified atom stereocenters. The molecule has 1 aliphatic heterocycles. The first-order valence-electron chi connectivity index (χ1n) is 7.81. The van der Waals surface area contributed by atoms with Crippen molar-refractivity contribution in [2.75, 3.05) is 25.2 Å². The number of nitrogens with zero attached hydrogens (tertiary/aromatic N) is 2. The summed E-state index contributed by atoms with van der Waals surface area (Å²) in [5.74, 6) is -0.997. The Hall–Kier alpha value is -2.42. The molecule has 2 heterocycles. The molecule has 1 atom stereocenters. The molecule has 1 aliphatic rings. The maximum absolute atomic E-state index is 12.1. The van der Waals surface area contributed by atoms with E-state index in [2.05, 4.69) is 5.16 Å². The minimum absolute atomic E-state index is 0.0475. The van der Waals surface area contributed by atoms with Gasteiger partial charge in [0.15, 0.2) is 22.0 Å². The molecule has 1 amide bonds. The van der Waals surface area contributed by atoms with Gasteiger partial charge in [-0.25, -0.2) is 8.42 Å². The van der Waals surface area contributed by atoms with Gasteiger partial charge in [0.2, 0.25) is 0 Å². The van der Waals surface area contributed by atoms with E-state index < -0.39 is 28.3 Å². The fourth-order valence-electron chi connectivity index (χ4n) is 2.78. The smallest absolute Gasteiger partial charge is 0.312 e. The summed E-state index contributed by atoms with van der Waals surface area (Å²) in [6.45, 7) is -0.429. The Morgan fingerprint density at radius 1 is 1.36 bits per heavy atom. The van der Waals surface area contributed by atoms with Crippen molar-refractivity contribution >= 4 is 32.7 Å². The van der Waals surface area contributed by atoms with Crippen LogP contribution in [-0.2, 0) is 30.6 Å². The monoisotopic (exact) mass is 366 g/mol. The van der Waals surface area contributed by atoms with Crippen LogP contribution in [-0.4, -0.2) is 61.6 Å². The SMILES string of the molecule is CN(C(=O)COC(=O)Cc1noc2ccccc12)[C@@H]1CCS(=O)(=O)C1. The quantitative estimate of drug-likeness (QED) is 0.712. The van der Waals surface area contributed by atoms with Gasteiger partial charge in [0.05, 0.1) is 17.9 Å². The van der Waals surface area contributed by atoms with Crippen molar-refractivity contribution in [1.82, 2.24) is 10.1 Å². The van der Waals surface area contributed by atoms with Crippen LogP contribution in [0.25, 0.3) is 11.0 Å². The fourth-order valence-corrected chi connectivity index (χ4v) is 4.56. The van der Waals surface area contributed by atoms with Crippen LogP contribution < -0.4 is 0 Å². The Balaban J connectivity index is 1.53. The standard InChI is InChI=1S/C16H18N2O6S/c1-18(11-6-7-25(21,22)10-11)15(19)9-23-16(20)8-13-12-4-2-3-5-14(12)24-17-13/h2-5,11H,6-10H2,1H3/t11-/m1/s1. The summed E-state index contributed by atoms with van der Waals surface area (Å²) in [7, 11) is -1.56. The van der Waals surface area contributed by atoms with E-state index in [1.54, 1.807) is 18.2 Å². The minimum atomic E-state index is -3.08. The van der Waals surface area contributed by atoms with Crippen LogP contribution in [0.15, 0.2) is 28.8 Å². The normalized spacial score (nSPS) is 19.0. The predicted molar refractivity (Wildman–Crippen MR) is 88.5 cm³/mol. The molecule has 1 fully saturated rings. The van der Waals surface area contributed by atoms with Gasteiger partial charge >= 0.3 is 5.97 Å². The second kappa shape index (κ2) is 6.83. The van der Waals surface area contributed by atoms with Gasteiger partial charge in [0.1, 0.15) is 5.69 Å². The number of sulfone groups is 1. The summed E-state index contributed by atoms with van der Waals surface area (Å²) in [5.41, 5.74) is 1.02. The lowest BCUT2D eigenvalue weighted by atomic mass is 10.2. The molecule has 3 rings (SSSR count). The summed E-state index contributed by atoms with van der Waals surface area (Å²) in [6, 6.07) is 6.77. The number of hydrogen-bond donors (Lipinski definition) is 0. The molecule has 0 N–H and O–H groups in total. The zero-order valence-corrected chi connectivity index (χ0v) is 14.5. The lowest BCUT2D eigenvalue weighted by molar-refractivity contribution is -0.151. The molecule has 0 aliphatic carbocycles. The van der Waals surface area contributed by atoms with E-state index in [0.717, 1.165) is 5.39 Å². The van der Waals surface area contributed by atoms with Crippen LogP contribution >= 0.6 is 0 Å². The molecular weight excluding hydrogens is 348 g/mol. The predicted octanol–water partition coefficient (Wildman–Crippen LogP) is 0.559. The number of esters is 1. The second-order valence-corrected chi connectivity index (χ2v) is 8.25. The van der Waals surface area contributed by atoms with E-state index >= 15 is 0 Å². The molecule has 25 heavy (non-hydrogen) atoms. The second-order valence-electron chi connectivity index (χ2n) is 6.02. The molecule has 0 spiro atoms. The van der Waals surface area contributed by atoms with Crippen molar-refractivity contribution in [2.45, 2.75) is 18.9 Å². The number of likely N-dealkylation sites (N-methyl/N-ethyl adjacent to an activating group) is 1. The van der Waals surface area contributed by atoms with Crippen LogP contribution in [0.3, 0.4) is 0 Å². The van der Waals surface area contributed by atoms with Gasteiger partial charge in [0.25, 0.3) is 5.91 Å². The van der Waals surface area contributed by atoms with Gasteiger partial charge in [-0.05, 0) is 18.6 Å². The lowest BCUT2D eigenvalue weighted by Gasteiger charge is -2.23. The Morgan fingerprint density at radius 3 is 2.84 bits per heavy atom. The number of ether oxygens (including phenoxy) is 1.